The lowest BCUT2D eigenvalue weighted by atomic mass is 9.98. The van der Waals surface area contributed by atoms with Gasteiger partial charge < -0.3 is 25.7 Å². The molecule has 1 amide bonds. The van der Waals surface area contributed by atoms with E-state index in [9.17, 15) is 25.2 Å². The molecule has 0 aliphatic rings. The molecule has 2 unspecified atom stereocenters. The molecular weight excluding hydrogens is 598 g/mol. The van der Waals surface area contributed by atoms with E-state index in [1.54, 1.807) is 0 Å². The van der Waals surface area contributed by atoms with Gasteiger partial charge in [0.15, 0.2) is 0 Å². The molecular formula is C42H83NO5. The van der Waals surface area contributed by atoms with Crippen LogP contribution in [0.15, 0.2) is 12.2 Å². The normalized spacial score (nSPS) is 15.1. The molecule has 0 rings (SSSR count). The van der Waals surface area contributed by atoms with E-state index in [4.69, 9.17) is 0 Å². The summed E-state index contributed by atoms with van der Waals surface area (Å²) in [5.41, 5.74) is 0. The molecule has 0 bridgehead atoms. The summed E-state index contributed by atoms with van der Waals surface area (Å²) in [5, 5.41) is 43.5. The highest BCUT2D eigenvalue weighted by Gasteiger charge is 2.28. The van der Waals surface area contributed by atoms with Gasteiger partial charge >= 0.3 is 0 Å². The van der Waals surface area contributed by atoms with Gasteiger partial charge in [-0.1, -0.05) is 200 Å². The molecule has 0 spiro atoms. The highest BCUT2D eigenvalue weighted by molar-refractivity contribution is 5.81. The van der Waals surface area contributed by atoms with Crippen molar-refractivity contribution in [2.75, 3.05) is 6.61 Å². The van der Waals surface area contributed by atoms with Crippen molar-refractivity contribution in [1.82, 2.24) is 5.32 Å². The van der Waals surface area contributed by atoms with E-state index >= 15 is 0 Å². The van der Waals surface area contributed by atoms with Crippen molar-refractivity contribution in [3.63, 3.8) is 0 Å². The Morgan fingerprint density at radius 1 is 0.583 bits per heavy atom. The van der Waals surface area contributed by atoms with Crippen molar-refractivity contribution in [2.24, 2.45) is 5.92 Å². The molecule has 0 aromatic heterocycles. The average molecular weight is 682 g/mol. The monoisotopic (exact) mass is 682 g/mol. The molecule has 0 aliphatic heterocycles. The van der Waals surface area contributed by atoms with Gasteiger partial charge in [0, 0.05) is 6.42 Å². The van der Waals surface area contributed by atoms with Crippen LogP contribution in [-0.4, -0.2) is 57.3 Å². The van der Waals surface area contributed by atoms with Gasteiger partial charge in [0.25, 0.3) is 0 Å². The number of carbonyl (C=O) groups is 1. The lowest BCUT2D eigenvalue weighted by Crippen LogP contribution is -2.53. The smallest absolute Gasteiger partial charge is 0.249 e. The molecule has 0 aromatic carbocycles. The van der Waals surface area contributed by atoms with Crippen LogP contribution < -0.4 is 5.32 Å². The number of amides is 1. The quantitative estimate of drug-likeness (QED) is 0.0331. The maximum atomic E-state index is 12.5. The minimum absolute atomic E-state index is 0.194. The Bertz CT molecular complexity index is 702. The molecule has 5 N–H and O–H groups in total. The first-order chi connectivity index (χ1) is 23.4. The second-order valence-electron chi connectivity index (χ2n) is 14.9. The molecule has 0 fully saturated rings. The third kappa shape index (κ3) is 29.9. The van der Waals surface area contributed by atoms with Gasteiger partial charge in [0.1, 0.15) is 12.2 Å². The number of aliphatic hydroxyl groups excluding tert-OH is 4. The topological polar surface area (TPSA) is 110 Å². The van der Waals surface area contributed by atoms with Crippen molar-refractivity contribution in [3.8, 4) is 0 Å². The van der Waals surface area contributed by atoms with Crippen molar-refractivity contribution < 1.29 is 25.2 Å². The van der Waals surface area contributed by atoms with Crippen molar-refractivity contribution in [1.29, 1.82) is 0 Å². The summed E-state index contributed by atoms with van der Waals surface area (Å²) in [6.07, 6.45) is 36.8. The van der Waals surface area contributed by atoms with E-state index in [0.29, 0.717) is 6.42 Å². The second kappa shape index (κ2) is 35.9. The zero-order valence-electron chi connectivity index (χ0n) is 32.2. The predicted octanol–water partition coefficient (Wildman–Crippen LogP) is 10.5. The minimum atomic E-state index is -1.27. The van der Waals surface area contributed by atoms with Gasteiger partial charge in [-0.25, -0.2) is 0 Å². The Hall–Kier alpha value is -0.950. The maximum Gasteiger partial charge on any atom is 0.249 e. The molecule has 286 valence electrons. The van der Waals surface area contributed by atoms with Gasteiger partial charge in [-0.2, -0.15) is 0 Å². The molecule has 6 heteroatoms. The fourth-order valence-electron chi connectivity index (χ4n) is 6.50. The number of unbranched alkanes of at least 4 members (excludes halogenated alkanes) is 24. The van der Waals surface area contributed by atoms with Gasteiger partial charge in [-0.3, -0.25) is 4.79 Å². The Kier molecular flexibility index (Phi) is 35.2. The van der Waals surface area contributed by atoms with Crippen molar-refractivity contribution in [3.05, 3.63) is 12.2 Å². The first-order valence-electron chi connectivity index (χ1n) is 21.0. The first-order valence-corrected chi connectivity index (χ1v) is 21.0. The van der Waals surface area contributed by atoms with Crippen LogP contribution in [-0.2, 0) is 4.79 Å². The number of hydrogen-bond acceptors (Lipinski definition) is 5. The van der Waals surface area contributed by atoms with Gasteiger partial charge in [-0.05, 0) is 25.2 Å². The van der Waals surface area contributed by atoms with Gasteiger partial charge in [0.05, 0.1) is 18.8 Å². The van der Waals surface area contributed by atoms with Crippen LogP contribution in [0.4, 0.5) is 0 Å². The molecule has 0 saturated carbocycles. The number of hydrogen-bond donors (Lipinski definition) is 5. The summed E-state index contributed by atoms with van der Waals surface area (Å²) in [6, 6.07) is -1.00. The fraction of sp³-hybridized carbons (Fsp3) is 0.929. The molecule has 0 aliphatic carbocycles. The van der Waals surface area contributed by atoms with E-state index in [-0.39, 0.29) is 6.42 Å². The van der Waals surface area contributed by atoms with E-state index < -0.39 is 36.9 Å². The zero-order valence-corrected chi connectivity index (χ0v) is 32.2. The van der Waals surface area contributed by atoms with E-state index in [2.05, 4.69) is 26.1 Å². The number of carbonyl (C=O) groups excluding carboxylic acids is 1. The van der Waals surface area contributed by atoms with Crippen LogP contribution in [0.2, 0.25) is 0 Å². The Balaban J connectivity index is 3.79. The summed E-state index contributed by atoms with van der Waals surface area (Å²) >= 11 is 0. The van der Waals surface area contributed by atoms with Gasteiger partial charge in [-0.15, -0.1) is 0 Å². The third-order valence-electron chi connectivity index (χ3n) is 10.3. The Morgan fingerprint density at radius 2 is 1.00 bits per heavy atom. The Morgan fingerprint density at radius 3 is 1.44 bits per heavy atom. The second-order valence-corrected chi connectivity index (χ2v) is 14.9. The Labute approximate surface area is 298 Å². The highest BCUT2D eigenvalue weighted by atomic mass is 16.3. The molecule has 6 nitrogen and oxygen atoms in total. The lowest BCUT2D eigenvalue weighted by Gasteiger charge is -2.27. The first kappa shape index (κ1) is 47.0. The molecule has 5 atom stereocenters. The molecule has 48 heavy (non-hydrogen) atoms. The van der Waals surface area contributed by atoms with Crippen LogP contribution in [0.25, 0.3) is 0 Å². The predicted molar refractivity (Wildman–Crippen MR) is 205 cm³/mol. The highest BCUT2D eigenvalue weighted by Crippen LogP contribution is 2.17. The van der Waals surface area contributed by atoms with Crippen LogP contribution in [0, 0.1) is 5.92 Å². The average Bonchev–Trinajstić information content (AvgIpc) is 3.09. The SMILES string of the molecule is CCCCCCCCCCCCCCCCCC/C=C/C[C@@H](O)C(=O)N[C@@H](CO)C(O)[C@H](O)CCCCCCCCCCCC(C)CC. The summed E-state index contributed by atoms with van der Waals surface area (Å²) in [4.78, 5) is 12.5. The van der Waals surface area contributed by atoms with Crippen LogP contribution in [0.1, 0.15) is 213 Å². The standard InChI is InChI=1S/C42H83NO5/c1-4-6-7-8-9-10-11-12-13-14-15-16-17-18-19-22-26-29-32-35-40(46)42(48)43-38(36-44)41(47)39(45)34-31-28-25-23-20-21-24-27-30-33-37(3)5-2/h29,32,37-41,44-47H,4-28,30-31,33-36H2,1-3H3,(H,43,48)/b32-29+/t37?,38-,39+,40+,41?/m0/s1. The number of aliphatic hydroxyl groups is 4. The van der Waals surface area contributed by atoms with Crippen LogP contribution in [0.5, 0.6) is 0 Å². The van der Waals surface area contributed by atoms with E-state index in [0.717, 1.165) is 38.0 Å². The summed E-state index contributed by atoms with van der Waals surface area (Å²) in [6.45, 7) is 6.38. The summed E-state index contributed by atoms with van der Waals surface area (Å²) < 4.78 is 0. The summed E-state index contributed by atoms with van der Waals surface area (Å²) in [7, 11) is 0. The largest absolute Gasteiger partial charge is 0.394 e. The van der Waals surface area contributed by atoms with E-state index in [1.807, 2.05) is 12.2 Å². The van der Waals surface area contributed by atoms with Crippen molar-refractivity contribution >= 4 is 5.91 Å². The third-order valence-corrected chi connectivity index (χ3v) is 10.3. The number of allylic oxidation sites excluding steroid dienone is 1. The van der Waals surface area contributed by atoms with E-state index in [1.165, 1.54) is 148 Å². The molecule has 0 saturated heterocycles. The van der Waals surface area contributed by atoms with Crippen LogP contribution in [0.3, 0.4) is 0 Å². The zero-order chi connectivity index (χ0) is 35.5. The molecule has 0 heterocycles. The molecule has 0 radical (unpaired) electrons. The number of nitrogens with one attached hydrogen (secondary N) is 1. The van der Waals surface area contributed by atoms with Crippen molar-refractivity contribution in [2.45, 2.75) is 238 Å². The maximum absolute atomic E-state index is 12.5. The van der Waals surface area contributed by atoms with Crippen LogP contribution >= 0.6 is 0 Å². The van der Waals surface area contributed by atoms with Gasteiger partial charge in [0.2, 0.25) is 5.91 Å². The minimum Gasteiger partial charge on any atom is -0.394 e. The number of rotatable bonds is 37. The summed E-state index contributed by atoms with van der Waals surface area (Å²) in [5.74, 6) is 0.220. The lowest BCUT2D eigenvalue weighted by molar-refractivity contribution is -0.132. The fourth-order valence-corrected chi connectivity index (χ4v) is 6.50. The molecule has 0 aromatic rings.